The highest BCUT2D eigenvalue weighted by atomic mass is 19.4. The summed E-state index contributed by atoms with van der Waals surface area (Å²) in [6.07, 6.45) is -1.50. The van der Waals surface area contributed by atoms with Crippen LogP contribution in [0.25, 0.3) is 0 Å². The van der Waals surface area contributed by atoms with E-state index in [1.54, 1.807) is 12.1 Å². The Morgan fingerprint density at radius 2 is 1.61 bits per heavy atom. The van der Waals surface area contributed by atoms with Crippen molar-refractivity contribution in [1.29, 1.82) is 0 Å². The van der Waals surface area contributed by atoms with Crippen LogP contribution in [0.3, 0.4) is 0 Å². The number of benzene rings is 2. The zero-order chi connectivity index (χ0) is 24.1. The smallest absolute Gasteiger partial charge is 0.426 e. The number of rotatable bonds is 8. The zero-order valence-corrected chi connectivity index (χ0v) is 18.2. The van der Waals surface area contributed by atoms with Crippen LogP contribution in [0, 0.1) is 11.7 Å². The topological polar surface area (TPSA) is 18.5 Å². The minimum atomic E-state index is -4.62. The van der Waals surface area contributed by atoms with Crippen LogP contribution in [0.5, 0.6) is 11.5 Å². The van der Waals surface area contributed by atoms with Crippen molar-refractivity contribution in [3.63, 3.8) is 0 Å². The van der Waals surface area contributed by atoms with Crippen molar-refractivity contribution in [1.82, 2.24) is 0 Å². The molecule has 33 heavy (non-hydrogen) atoms. The monoisotopic (exact) mass is 472 g/mol. The summed E-state index contributed by atoms with van der Waals surface area (Å²) in [7, 11) is 0. The maximum Gasteiger partial charge on any atom is 0.426 e. The van der Waals surface area contributed by atoms with Gasteiger partial charge in [0.05, 0.1) is 17.9 Å². The summed E-state index contributed by atoms with van der Waals surface area (Å²) in [6, 6.07) is 8.53. The molecule has 3 rings (SSSR count). The average Bonchev–Trinajstić information content (AvgIpc) is 2.75. The van der Waals surface area contributed by atoms with Gasteiger partial charge in [-0.3, -0.25) is 0 Å². The molecule has 8 heteroatoms. The van der Waals surface area contributed by atoms with Crippen LogP contribution in [0.15, 0.2) is 54.8 Å². The molecule has 0 atom stereocenters. The van der Waals surface area contributed by atoms with Gasteiger partial charge in [0.15, 0.2) is 11.6 Å². The summed E-state index contributed by atoms with van der Waals surface area (Å²) in [6.45, 7) is 2.18. The van der Waals surface area contributed by atoms with E-state index in [1.165, 1.54) is 25.0 Å². The molecule has 1 fully saturated rings. The van der Waals surface area contributed by atoms with Crippen LogP contribution in [-0.4, -0.2) is 6.18 Å². The molecule has 0 radical (unpaired) electrons. The Labute approximate surface area is 189 Å². The average molecular weight is 472 g/mol. The molecule has 0 spiro atoms. The second kappa shape index (κ2) is 10.5. The van der Waals surface area contributed by atoms with Crippen molar-refractivity contribution >= 4 is 0 Å². The SMILES string of the molecule is CCCC1CCC(c2ccc(C(F)(F)Oc3ccc(O/C=C/C(F)(F)F)c(F)c3)cc2)CC1. The van der Waals surface area contributed by atoms with Crippen molar-refractivity contribution in [2.75, 3.05) is 0 Å². The Bertz CT molecular complexity index is 929. The van der Waals surface area contributed by atoms with E-state index in [0.717, 1.165) is 49.3 Å². The van der Waals surface area contributed by atoms with Gasteiger partial charge < -0.3 is 9.47 Å². The number of halogens is 6. The predicted octanol–water partition coefficient (Wildman–Crippen LogP) is 8.48. The van der Waals surface area contributed by atoms with Crippen LogP contribution in [0.2, 0.25) is 0 Å². The van der Waals surface area contributed by atoms with Crippen LogP contribution in [0.4, 0.5) is 26.3 Å². The Morgan fingerprint density at radius 1 is 0.939 bits per heavy atom. The van der Waals surface area contributed by atoms with E-state index in [0.29, 0.717) is 12.0 Å². The van der Waals surface area contributed by atoms with E-state index in [-0.39, 0.29) is 17.9 Å². The molecule has 0 aromatic heterocycles. The Kier molecular flexibility index (Phi) is 7.97. The number of alkyl halides is 5. The quantitative estimate of drug-likeness (QED) is 0.283. The molecule has 1 aliphatic carbocycles. The predicted molar refractivity (Wildman–Crippen MR) is 113 cm³/mol. The zero-order valence-electron chi connectivity index (χ0n) is 18.2. The summed E-state index contributed by atoms with van der Waals surface area (Å²) in [5.41, 5.74) is 0.642. The molecule has 0 N–H and O–H groups in total. The van der Waals surface area contributed by atoms with Gasteiger partial charge >= 0.3 is 12.3 Å². The van der Waals surface area contributed by atoms with E-state index < -0.39 is 29.6 Å². The van der Waals surface area contributed by atoms with E-state index in [2.05, 4.69) is 16.4 Å². The fraction of sp³-hybridized carbons (Fsp3) is 0.440. The van der Waals surface area contributed by atoms with Gasteiger partial charge in [-0.25, -0.2) is 4.39 Å². The maximum atomic E-state index is 14.6. The molecule has 2 nitrogen and oxygen atoms in total. The van der Waals surface area contributed by atoms with E-state index in [9.17, 15) is 26.3 Å². The highest BCUT2D eigenvalue weighted by molar-refractivity contribution is 5.35. The summed E-state index contributed by atoms with van der Waals surface area (Å²) in [5.74, 6) is -1.06. The maximum absolute atomic E-state index is 14.6. The van der Waals surface area contributed by atoms with Gasteiger partial charge in [0, 0.05) is 6.07 Å². The summed E-state index contributed by atoms with van der Waals surface area (Å²) >= 11 is 0. The normalized spacial score (nSPS) is 19.6. The van der Waals surface area contributed by atoms with Crippen molar-refractivity contribution < 1.29 is 35.8 Å². The van der Waals surface area contributed by atoms with Crippen molar-refractivity contribution in [2.24, 2.45) is 5.92 Å². The summed E-state index contributed by atoms with van der Waals surface area (Å²) in [4.78, 5) is 0. The fourth-order valence-electron chi connectivity index (χ4n) is 4.17. The minimum absolute atomic E-state index is 0.217. The second-order valence-electron chi connectivity index (χ2n) is 8.30. The van der Waals surface area contributed by atoms with Gasteiger partial charge in [0.2, 0.25) is 0 Å². The van der Waals surface area contributed by atoms with Gasteiger partial charge in [0.25, 0.3) is 0 Å². The minimum Gasteiger partial charge on any atom is -0.462 e. The first-order valence-electron chi connectivity index (χ1n) is 11.0. The lowest BCUT2D eigenvalue weighted by Gasteiger charge is -2.29. The lowest BCUT2D eigenvalue weighted by molar-refractivity contribution is -0.185. The third-order valence-corrected chi connectivity index (χ3v) is 5.86. The van der Waals surface area contributed by atoms with Gasteiger partial charge in [-0.2, -0.15) is 22.0 Å². The van der Waals surface area contributed by atoms with Gasteiger partial charge in [-0.05, 0) is 67.3 Å². The van der Waals surface area contributed by atoms with Gasteiger partial charge in [0.1, 0.15) is 5.75 Å². The van der Waals surface area contributed by atoms with E-state index in [1.807, 2.05) is 0 Å². The third kappa shape index (κ3) is 7.17. The molecule has 0 aliphatic heterocycles. The van der Waals surface area contributed by atoms with E-state index >= 15 is 0 Å². The highest BCUT2D eigenvalue weighted by Gasteiger charge is 2.35. The second-order valence-corrected chi connectivity index (χ2v) is 8.30. The fourth-order valence-corrected chi connectivity index (χ4v) is 4.17. The van der Waals surface area contributed by atoms with Gasteiger partial charge in [-0.15, -0.1) is 0 Å². The first kappa shape index (κ1) is 25.0. The highest BCUT2D eigenvalue weighted by Crippen LogP contribution is 2.39. The molecule has 0 heterocycles. The molecule has 0 bridgehead atoms. The Morgan fingerprint density at radius 3 is 2.18 bits per heavy atom. The van der Waals surface area contributed by atoms with Crippen molar-refractivity contribution in [3.8, 4) is 11.5 Å². The molecular weight excluding hydrogens is 446 g/mol. The Hall–Kier alpha value is -2.64. The first-order chi connectivity index (χ1) is 15.6. The molecule has 180 valence electrons. The van der Waals surface area contributed by atoms with Crippen molar-refractivity contribution in [3.05, 3.63) is 71.7 Å². The third-order valence-electron chi connectivity index (χ3n) is 5.86. The Balaban J connectivity index is 1.62. The van der Waals surface area contributed by atoms with Crippen LogP contribution in [0.1, 0.15) is 62.5 Å². The van der Waals surface area contributed by atoms with Crippen molar-refractivity contribution in [2.45, 2.75) is 63.7 Å². The number of hydrogen-bond donors (Lipinski definition) is 0. The van der Waals surface area contributed by atoms with Gasteiger partial charge in [-0.1, -0.05) is 31.9 Å². The van der Waals surface area contributed by atoms with Crippen LogP contribution in [-0.2, 0) is 6.11 Å². The molecule has 0 unspecified atom stereocenters. The van der Waals surface area contributed by atoms with Crippen LogP contribution >= 0.6 is 0 Å². The number of hydrogen-bond acceptors (Lipinski definition) is 2. The molecule has 0 amide bonds. The summed E-state index contributed by atoms with van der Waals surface area (Å²) in [5, 5.41) is 0. The number of ether oxygens (including phenoxy) is 2. The summed E-state index contributed by atoms with van der Waals surface area (Å²) < 4.78 is 88.7. The largest absolute Gasteiger partial charge is 0.462 e. The molecule has 1 saturated carbocycles. The molecular formula is C25H26F6O2. The number of allylic oxidation sites excluding steroid dienone is 1. The lowest BCUT2D eigenvalue weighted by atomic mass is 9.77. The molecule has 0 saturated heterocycles. The molecule has 1 aliphatic rings. The molecule has 2 aromatic rings. The first-order valence-corrected chi connectivity index (χ1v) is 11.0. The lowest BCUT2D eigenvalue weighted by Crippen LogP contribution is -2.22. The standard InChI is InChI=1S/C25H26F6O2/c1-2-3-17-4-6-18(7-5-17)19-8-10-20(11-9-19)25(30,31)33-21-12-13-23(22(26)16-21)32-15-14-24(27,28)29/h8-18H,2-7H2,1H3/b15-14+. The van der Waals surface area contributed by atoms with Crippen LogP contribution < -0.4 is 9.47 Å². The van der Waals surface area contributed by atoms with E-state index in [4.69, 9.17) is 0 Å². The molecule has 2 aromatic carbocycles.